The Morgan fingerprint density at radius 1 is 1.62 bits per heavy atom. The Kier molecular flexibility index (Phi) is 4.25. The summed E-state index contributed by atoms with van der Waals surface area (Å²) in [7, 11) is 2.00. The summed E-state index contributed by atoms with van der Waals surface area (Å²) in [5, 5.41) is 8.74. The number of nitrogens with two attached hydrogens (primary N) is 1. The van der Waals surface area contributed by atoms with E-state index in [9.17, 15) is 0 Å². The van der Waals surface area contributed by atoms with Gasteiger partial charge in [0, 0.05) is 12.2 Å². The van der Waals surface area contributed by atoms with Crippen LogP contribution in [0.3, 0.4) is 0 Å². The highest BCUT2D eigenvalue weighted by Gasteiger charge is 2.30. The van der Waals surface area contributed by atoms with Gasteiger partial charge in [0.25, 0.3) is 0 Å². The molecule has 0 radical (unpaired) electrons. The third kappa shape index (κ3) is 2.15. The fourth-order valence-corrected chi connectivity index (χ4v) is 1.82. The van der Waals surface area contributed by atoms with Gasteiger partial charge in [0.05, 0.1) is 17.7 Å². The first-order valence-corrected chi connectivity index (χ1v) is 4.16. The molecule has 0 aromatic carbocycles. The molecule has 0 spiro atoms. The second-order valence-corrected chi connectivity index (χ2v) is 3.65. The van der Waals surface area contributed by atoms with Gasteiger partial charge in [-0.15, -0.1) is 12.4 Å². The third-order valence-electron chi connectivity index (χ3n) is 2.32. The topological polar surface area (TPSA) is 53.1 Å². The summed E-state index contributed by atoms with van der Waals surface area (Å²) in [6, 6.07) is 2.39. The van der Waals surface area contributed by atoms with Crippen molar-refractivity contribution in [2.45, 2.75) is 19.9 Å². The van der Waals surface area contributed by atoms with Crippen LogP contribution < -0.4 is 5.73 Å². The quantitative estimate of drug-likeness (QED) is 0.692. The summed E-state index contributed by atoms with van der Waals surface area (Å²) < 4.78 is 0. The van der Waals surface area contributed by atoms with Gasteiger partial charge in [-0.3, -0.25) is 4.90 Å². The molecule has 0 saturated heterocycles. The van der Waals surface area contributed by atoms with E-state index in [1.165, 1.54) is 0 Å². The van der Waals surface area contributed by atoms with E-state index in [4.69, 9.17) is 11.0 Å². The fraction of sp³-hybridized carbons (Fsp3) is 0.667. The summed E-state index contributed by atoms with van der Waals surface area (Å²) in [5.41, 5.74) is 7.33. The Morgan fingerprint density at radius 2 is 2.15 bits per heavy atom. The minimum absolute atomic E-state index is 0. The summed E-state index contributed by atoms with van der Waals surface area (Å²) in [6.45, 7) is 4.94. The van der Waals surface area contributed by atoms with Gasteiger partial charge in [0.15, 0.2) is 0 Å². The zero-order valence-corrected chi connectivity index (χ0v) is 9.06. The lowest BCUT2D eigenvalue weighted by Gasteiger charge is -2.24. The minimum atomic E-state index is 0. The van der Waals surface area contributed by atoms with E-state index in [2.05, 4.69) is 24.8 Å². The predicted octanol–water partition coefficient (Wildman–Crippen LogP) is 1.11. The molecule has 0 saturated carbocycles. The van der Waals surface area contributed by atoms with E-state index in [-0.39, 0.29) is 18.4 Å². The van der Waals surface area contributed by atoms with Gasteiger partial charge in [-0.25, -0.2) is 0 Å². The molecule has 2 N–H and O–H groups in total. The van der Waals surface area contributed by atoms with Crippen molar-refractivity contribution in [3.63, 3.8) is 0 Å². The lowest BCUT2D eigenvalue weighted by atomic mass is 10.0. The number of likely N-dealkylation sites (N-methyl/N-ethyl adjacent to an activating group) is 1. The molecule has 0 aliphatic carbocycles. The van der Waals surface area contributed by atoms with Crippen molar-refractivity contribution in [1.82, 2.24) is 4.90 Å². The zero-order chi connectivity index (χ0) is 9.30. The molecule has 4 heteroatoms. The second-order valence-electron chi connectivity index (χ2n) is 3.65. The van der Waals surface area contributed by atoms with Crippen molar-refractivity contribution < 1.29 is 0 Å². The van der Waals surface area contributed by atoms with Gasteiger partial charge >= 0.3 is 0 Å². The van der Waals surface area contributed by atoms with Gasteiger partial charge in [-0.05, 0) is 13.0 Å². The molecule has 0 aromatic heterocycles. The highest BCUT2D eigenvalue weighted by Crippen LogP contribution is 2.24. The summed E-state index contributed by atoms with van der Waals surface area (Å²) in [6.07, 6.45) is 0. The van der Waals surface area contributed by atoms with E-state index < -0.39 is 0 Å². The standard InChI is InChI=1S/C9H15N3.ClH/c1-6(2)9-8(11)7(4-10)5-12(9)3;/h6,9H,5,11H2,1-3H3;1H. The number of halogens is 1. The van der Waals surface area contributed by atoms with Crippen LogP contribution >= 0.6 is 12.4 Å². The first kappa shape index (κ1) is 12.3. The Labute approximate surface area is 85.6 Å². The molecule has 1 atom stereocenters. The van der Waals surface area contributed by atoms with E-state index in [1.807, 2.05) is 7.05 Å². The smallest absolute Gasteiger partial charge is 0.0979 e. The molecule has 1 unspecified atom stereocenters. The number of hydrogen-bond acceptors (Lipinski definition) is 3. The van der Waals surface area contributed by atoms with E-state index >= 15 is 0 Å². The van der Waals surface area contributed by atoms with Gasteiger partial charge in [-0.1, -0.05) is 13.8 Å². The predicted molar refractivity (Wildman–Crippen MR) is 55.3 cm³/mol. The van der Waals surface area contributed by atoms with Crippen molar-refractivity contribution in [3.8, 4) is 6.07 Å². The molecule has 1 aliphatic rings. The van der Waals surface area contributed by atoms with Crippen LogP contribution in [0, 0.1) is 17.2 Å². The van der Waals surface area contributed by atoms with Crippen LogP contribution in [-0.4, -0.2) is 24.5 Å². The van der Waals surface area contributed by atoms with Crippen molar-refractivity contribution in [1.29, 1.82) is 5.26 Å². The molecule has 0 amide bonds. The van der Waals surface area contributed by atoms with Crippen LogP contribution in [0.15, 0.2) is 11.3 Å². The van der Waals surface area contributed by atoms with Gasteiger partial charge in [0.2, 0.25) is 0 Å². The summed E-state index contributed by atoms with van der Waals surface area (Å²) >= 11 is 0. The molecule has 1 heterocycles. The number of rotatable bonds is 1. The fourth-order valence-electron chi connectivity index (χ4n) is 1.82. The highest BCUT2D eigenvalue weighted by molar-refractivity contribution is 5.85. The van der Waals surface area contributed by atoms with Crippen molar-refractivity contribution in [3.05, 3.63) is 11.3 Å². The number of nitriles is 1. The monoisotopic (exact) mass is 201 g/mol. The number of nitrogens with zero attached hydrogens (tertiary/aromatic N) is 2. The zero-order valence-electron chi connectivity index (χ0n) is 8.24. The first-order valence-electron chi connectivity index (χ1n) is 4.16. The van der Waals surface area contributed by atoms with Crippen LogP contribution in [0.25, 0.3) is 0 Å². The first-order chi connectivity index (χ1) is 5.57. The maximum absolute atomic E-state index is 8.74. The molecule has 1 rings (SSSR count). The van der Waals surface area contributed by atoms with Crippen LogP contribution in [0.1, 0.15) is 13.8 Å². The normalized spacial score (nSPS) is 23.2. The van der Waals surface area contributed by atoms with Gasteiger partial charge in [0.1, 0.15) is 0 Å². The van der Waals surface area contributed by atoms with Crippen LogP contribution in [0.5, 0.6) is 0 Å². The molecular formula is C9H16ClN3. The van der Waals surface area contributed by atoms with Gasteiger partial charge < -0.3 is 5.73 Å². The summed E-state index contributed by atoms with van der Waals surface area (Å²) in [4.78, 5) is 2.12. The molecule has 13 heavy (non-hydrogen) atoms. The Hall–Kier alpha value is -0.720. The van der Waals surface area contributed by atoms with Crippen LogP contribution in [0.2, 0.25) is 0 Å². The van der Waals surface area contributed by atoms with Crippen molar-refractivity contribution >= 4 is 12.4 Å². The molecule has 1 aliphatic heterocycles. The van der Waals surface area contributed by atoms with E-state index in [0.29, 0.717) is 12.5 Å². The molecular weight excluding hydrogens is 186 g/mol. The van der Waals surface area contributed by atoms with Crippen LogP contribution in [0.4, 0.5) is 0 Å². The van der Waals surface area contributed by atoms with Gasteiger partial charge in [-0.2, -0.15) is 5.26 Å². The Balaban J connectivity index is 0.00000144. The lowest BCUT2D eigenvalue weighted by Crippen LogP contribution is -2.34. The average Bonchev–Trinajstić information content (AvgIpc) is 2.25. The maximum Gasteiger partial charge on any atom is 0.0979 e. The van der Waals surface area contributed by atoms with Crippen molar-refractivity contribution in [2.75, 3.05) is 13.6 Å². The molecule has 0 bridgehead atoms. The van der Waals surface area contributed by atoms with E-state index in [1.54, 1.807) is 0 Å². The molecule has 74 valence electrons. The second kappa shape index (κ2) is 4.50. The molecule has 0 aromatic rings. The van der Waals surface area contributed by atoms with Crippen molar-refractivity contribution in [2.24, 2.45) is 11.7 Å². The third-order valence-corrected chi connectivity index (χ3v) is 2.32. The highest BCUT2D eigenvalue weighted by atomic mass is 35.5. The summed E-state index contributed by atoms with van der Waals surface area (Å²) in [5.74, 6) is 0.473. The Bertz CT molecular complexity index is 252. The lowest BCUT2D eigenvalue weighted by molar-refractivity contribution is 0.263. The molecule has 0 fully saturated rings. The SMILES string of the molecule is CC(C)C1C(N)=C(C#N)CN1C.Cl. The minimum Gasteiger partial charge on any atom is -0.400 e. The number of hydrogen-bond donors (Lipinski definition) is 1. The Morgan fingerprint density at radius 3 is 2.38 bits per heavy atom. The molecule has 3 nitrogen and oxygen atoms in total. The van der Waals surface area contributed by atoms with Crippen LogP contribution in [-0.2, 0) is 0 Å². The average molecular weight is 202 g/mol. The van der Waals surface area contributed by atoms with E-state index in [0.717, 1.165) is 11.3 Å². The largest absolute Gasteiger partial charge is 0.400 e. The maximum atomic E-state index is 8.74.